The number of nitrogens with zero attached hydrogens (tertiary/aromatic N) is 2. The first-order chi connectivity index (χ1) is 11.5. The first-order valence-electron chi connectivity index (χ1n) is 7.18. The Morgan fingerprint density at radius 3 is 2.50 bits per heavy atom. The van der Waals surface area contributed by atoms with Gasteiger partial charge in [0, 0.05) is 16.5 Å². The van der Waals surface area contributed by atoms with Gasteiger partial charge in [-0.15, -0.1) is 5.11 Å². The van der Waals surface area contributed by atoms with Crippen molar-refractivity contribution in [2.45, 2.75) is 6.92 Å². The number of hydrogen-bond donors (Lipinski definition) is 2. The Bertz CT molecular complexity index is 934. The lowest BCUT2D eigenvalue weighted by Crippen LogP contribution is -1.89. The highest BCUT2D eigenvalue weighted by Gasteiger charge is 2.15. The van der Waals surface area contributed by atoms with Gasteiger partial charge in [0.25, 0.3) is 0 Å². The Hall–Kier alpha value is -2.73. The van der Waals surface area contributed by atoms with Crippen molar-refractivity contribution < 1.29 is 14.6 Å². The first kappa shape index (κ1) is 16.1. The molecule has 1 heterocycles. The average Bonchev–Trinajstić information content (AvgIpc) is 2.89. The van der Waals surface area contributed by atoms with Crippen molar-refractivity contribution in [3.63, 3.8) is 0 Å². The minimum absolute atomic E-state index is 0.0799. The number of halogens is 1. The molecule has 0 bridgehead atoms. The SMILES string of the molecule is COc1cc2[nH]c(O)c(N=Nc3cccc(Cl)c3C)c2cc1OC. The number of benzene rings is 2. The van der Waals surface area contributed by atoms with Crippen LogP contribution >= 0.6 is 11.6 Å². The van der Waals surface area contributed by atoms with Crippen LogP contribution in [-0.4, -0.2) is 24.3 Å². The molecule has 124 valence electrons. The van der Waals surface area contributed by atoms with Crippen molar-refractivity contribution >= 4 is 33.9 Å². The van der Waals surface area contributed by atoms with Crippen LogP contribution in [0.5, 0.6) is 17.4 Å². The minimum Gasteiger partial charge on any atom is -0.493 e. The number of aromatic hydroxyl groups is 1. The predicted octanol–water partition coefficient (Wildman–Crippen LogP) is 5.27. The lowest BCUT2D eigenvalue weighted by Gasteiger charge is -2.07. The second-order valence-corrected chi connectivity index (χ2v) is 5.57. The van der Waals surface area contributed by atoms with Gasteiger partial charge in [-0.25, -0.2) is 0 Å². The highest BCUT2D eigenvalue weighted by Crippen LogP contribution is 2.42. The Balaban J connectivity index is 2.10. The van der Waals surface area contributed by atoms with Crippen LogP contribution in [0.2, 0.25) is 5.02 Å². The zero-order valence-electron chi connectivity index (χ0n) is 13.4. The van der Waals surface area contributed by atoms with Gasteiger partial charge in [0.15, 0.2) is 17.2 Å². The highest BCUT2D eigenvalue weighted by molar-refractivity contribution is 6.31. The maximum Gasteiger partial charge on any atom is 0.218 e. The molecular weight excluding hydrogens is 330 g/mol. The number of azo groups is 1. The smallest absolute Gasteiger partial charge is 0.218 e. The summed E-state index contributed by atoms with van der Waals surface area (Å²) in [6.07, 6.45) is 0. The van der Waals surface area contributed by atoms with E-state index >= 15 is 0 Å². The van der Waals surface area contributed by atoms with Gasteiger partial charge in [-0.05, 0) is 30.7 Å². The molecule has 0 aliphatic rings. The molecule has 0 aliphatic heterocycles. The summed E-state index contributed by atoms with van der Waals surface area (Å²) >= 11 is 6.09. The molecule has 3 rings (SSSR count). The summed E-state index contributed by atoms with van der Waals surface area (Å²) in [4.78, 5) is 2.86. The average molecular weight is 346 g/mol. The van der Waals surface area contributed by atoms with Crippen LogP contribution in [0.15, 0.2) is 40.6 Å². The Morgan fingerprint density at radius 1 is 1.08 bits per heavy atom. The van der Waals surface area contributed by atoms with E-state index in [-0.39, 0.29) is 5.88 Å². The standard InChI is InChI=1S/C17H16ClN3O3/c1-9-11(18)5-4-6-12(9)20-21-16-10-7-14(23-2)15(24-3)8-13(10)19-17(16)22/h4-8,19,22H,1-3H3. The van der Waals surface area contributed by atoms with Crippen LogP contribution in [-0.2, 0) is 0 Å². The molecule has 3 aromatic rings. The Labute approximate surface area is 143 Å². The summed E-state index contributed by atoms with van der Waals surface area (Å²) in [5.41, 5.74) is 2.45. The summed E-state index contributed by atoms with van der Waals surface area (Å²) in [6, 6.07) is 8.87. The molecule has 1 aromatic heterocycles. The second-order valence-electron chi connectivity index (χ2n) is 5.16. The van der Waals surface area contributed by atoms with Crippen LogP contribution in [0.4, 0.5) is 11.4 Å². The van der Waals surface area contributed by atoms with Gasteiger partial charge in [0.1, 0.15) is 0 Å². The van der Waals surface area contributed by atoms with Gasteiger partial charge in [-0.1, -0.05) is 17.7 Å². The molecular formula is C17H16ClN3O3. The molecule has 2 aromatic carbocycles. The number of aromatic amines is 1. The zero-order valence-corrected chi connectivity index (χ0v) is 14.2. The molecule has 0 fully saturated rings. The summed E-state index contributed by atoms with van der Waals surface area (Å²) in [7, 11) is 3.10. The van der Waals surface area contributed by atoms with Gasteiger partial charge in [-0.2, -0.15) is 5.11 Å². The van der Waals surface area contributed by atoms with Gasteiger partial charge in [0.2, 0.25) is 5.88 Å². The van der Waals surface area contributed by atoms with E-state index in [9.17, 15) is 5.11 Å². The summed E-state index contributed by atoms with van der Waals surface area (Å²) < 4.78 is 10.6. The Kier molecular flexibility index (Phi) is 4.31. The van der Waals surface area contributed by atoms with Crippen molar-refractivity contribution in [2.75, 3.05) is 14.2 Å². The third kappa shape index (κ3) is 2.76. The number of fused-ring (bicyclic) bond motifs is 1. The van der Waals surface area contributed by atoms with Crippen molar-refractivity contribution in [2.24, 2.45) is 10.2 Å². The summed E-state index contributed by atoms with van der Waals surface area (Å²) in [6.45, 7) is 1.86. The van der Waals surface area contributed by atoms with Crippen molar-refractivity contribution in [3.8, 4) is 17.4 Å². The minimum atomic E-state index is -0.0799. The molecule has 24 heavy (non-hydrogen) atoms. The van der Waals surface area contributed by atoms with Crippen molar-refractivity contribution in [1.82, 2.24) is 4.98 Å². The van der Waals surface area contributed by atoms with E-state index in [0.29, 0.717) is 38.8 Å². The van der Waals surface area contributed by atoms with E-state index < -0.39 is 0 Å². The van der Waals surface area contributed by atoms with Gasteiger partial charge in [0.05, 0.1) is 25.4 Å². The molecule has 0 aliphatic carbocycles. The van der Waals surface area contributed by atoms with E-state index in [1.54, 1.807) is 44.6 Å². The molecule has 0 spiro atoms. The number of methoxy groups -OCH3 is 2. The normalized spacial score (nSPS) is 11.3. The van der Waals surface area contributed by atoms with E-state index in [1.165, 1.54) is 0 Å². The van der Waals surface area contributed by atoms with E-state index in [1.807, 2.05) is 6.92 Å². The number of rotatable bonds is 4. The molecule has 7 heteroatoms. The van der Waals surface area contributed by atoms with E-state index in [4.69, 9.17) is 21.1 Å². The number of nitrogens with one attached hydrogen (secondary N) is 1. The molecule has 0 saturated carbocycles. The van der Waals surface area contributed by atoms with Crippen LogP contribution in [0.3, 0.4) is 0 Å². The van der Waals surface area contributed by atoms with Crippen LogP contribution in [0.25, 0.3) is 10.9 Å². The van der Waals surface area contributed by atoms with Crippen molar-refractivity contribution in [3.05, 3.63) is 40.9 Å². The van der Waals surface area contributed by atoms with Crippen LogP contribution < -0.4 is 9.47 Å². The fourth-order valence-electron chi connectivity index (χ4n) is 2.40. The third-order valence-corrected chi connectivity index (χ3v) is 4.16. The fraction of sp³-hybridized carbons (Fsp3) is 0.176. The molecule has 0 atom stereocenters. The van der Waals surface area contributed by atoms with Gasteiger partial charge >= 0.3 is 0 Å². The summed E-state index contributed by atoms with van der Waals surface area (Å²) in [5, 5.41) is 19.8. The number of aromatic nitrogens is 1. The molecule has 0 radical (unpaired) electrons. The monoisotopic (exact) mass is 345 g/mol. The van der Waals surface area contributed by atoms with Crippen LogP contribution in [0, 0.1) is 6.92 Å². The second kappa shape index (κ2) is 6.41. The lowest BCUT2D eigenvalue weighted by atomic mass is 10.2. The number of ether oxygens (including phenoxy) is 2. The van der Waals surface area contributed by atoms with E-state index in [0.717, 1.165) is 5.56 Å². The number of hydrogen-bond acceptors (Lipinski definition) is 5. The molecule has 0 saturated heterocycles. The maximum atomic E-state index is 10.1. The highest BCUT2D eigenvalue weighted by atomic mass is 35.5. The first-order valence-corrected chi connectivity index (χ1v) is 7.56. The zero-order chi connectivity index (χ0) is 17.3. The molecule has 6 nitrogen and oxygen atoms in total. The number of H-pyrrole nitrogens is 1. The molecule has 0 unspecified atom stereocenters. The van der Waals surface area contributed by atoms with Crippen LogP contribution in [0.1, 0.15) is 5.56 Å². The van der Waals surface area contributed by atoms with Gasteiger partial charge in [-0.3, -0.25) is 0 Å². The lowest BCUT2D eigenvalue weighted by molar-refractivity contribution is 0.356. The molecule has 0 amide bonds. The predicted molar refractivity (Wildman–Crippen MR) is 93.4 cm³/mol. The Morgan fingerprint density at radius 2 is 1.79 bits per heavy atom. The fourth-order valence-corrected chi connectivity index (χ4v) is 2.57. The maximum absolute atomic E-state index is 10.1. The topological polar surface area (TPSA) is 79.2 Å². The van der Waals surface area contributed by atoms with Crippen molar-refractivity contribution in [1.29, 1.82) is 0 Å². The van der Waals surface area contributed by atoms with Gasteiger partial charge < -0.3 is 19.6 Å². The third-order valence-electron chi connectivity index (χ3n) is 3.75. The quantitative estimate of drug-likeness (QED) is 0.632. The largest absolute Gasteiger partial charge is 0.493 e. The van der Waals surface area contributed by atoms with E-state index in [2.05, 4.69) is 15.2 Å². The molecule has 2 N–H and O–H groups in total. The summed E-state index contributed by atoms with van der Waals surface area (Å²) in [5.74, 6) is 1.02.